The van der Waals surface area contributed by atoms with Crippen molar-refractivity contribution < 1.29 is 9.59 Å². The van der Waals surface area contributed by atoms with Crippen molar-refractivity contribution in [1.82, 2.24) is 25.5 Å². The number of hydrogen-bond donors (Lipinski definition) is 2. The minimum absolute atomic E-state index is 0.150. The van der Waals surface area contributed by atoms with Gasteiger partial charge in [-0.05, 0) is 81.4 Å². The van der Waals surface area contributed by atoms with Crippen molar-refractivity contribution >= 4 is 46.7 Å². The van der Waals surface area contributed by atoms with Crippen LogP contribution in [0.4, 0.5) is 5.69 Å². The summed E-state index contributed by atoms with van der Waals surface area (Å²) in [5.41, 5.74) is 2.93. The molecule has 0 fully saturated rings. The van der Waals surface area contributed by atoms with Crippen LogP contribution < -0.4 is 10.6 Å². The maximum atomic E-state index is 13.2. The largest absolute Gasteiger partial charge is 0.321 e. The van der Waals surface area contributed by atoms with Crippen LogP contribution in [0.25, 0.3) is 11.8 Å². The SMILES string of the molecule is O=C(Nc1cccc(SCc2nnnn2-c2ccccc2)c1)/C(=C\c1ccsc1)NC(=O)c1ccccc1. The predicted molar refractivity (Wildman–Crippen MR) is 150 cm³/mol. The molecule has 188 valence electrons. The number of nitrogens with zero attached hydrogens (tertiary/aromatic N) is 4. The molecule has 0 saturated carbocycles. The van der Waals surface area contributed by atoms with Crippen LogP contribution in [-0.2, 0) is 10.5 Å². The number of nitrogens with one attached hydrogen (secondary N) is 2. The van der Waals surface area contributed by atoms with Gasteiger partial charge in [0.15, 0.2) is 5.82 Å². The molecule has 0 atom stereocenters. The lowest BCUT2D eigenvalue weighted by atomic mass is 10.2. The molecular formula is C28H22N6O2S2. The van der Waals surface area contributed by atoms with E-state index in [9.17, 15) is 9.59 Å². The van der Waals surface area contributed by atoms with Gasteiger partial charge in [-0.25, -0.2) is 0 Å². The Kier molecular flexibility index (Phi) is 8.02. The number of hydrogen-bond acceptors (Lipinski definition) is 7. The first-order valence-corrected chi connectivity index (χ1v) is 13.6. The van der Waals surface area contributed by atoms with Gasteiger partial charge in [-0.1, -0.05) is 42.5 Å². The number of thiophene rings is 1. The van der Waals surface area contributed by atoms with Gasteiger partial charge in [0.25, 0.3) is 11.8 Å². The standard InChI is InChI=1S/C28H22N6O2S2/c35-27(21-8-3-1-4-9-21)30-25(16-20-14-15-37-18-20)28(36)29-22-10-7-13-24(17-22)38-19-26-31-32-33-34(26)23-11-5-2-6-12-23/h1-18H,19H2,(H,29,36)(H,30,35)/b25-16+. The Labute approximate surface area is 227 Å². The van der Waals surface area contributed by atoms with E-state index in [1.807, 2.05) is 71.4 Å². The van der Waals surface area contributed by atoms with Crippen LogP contribution >= 0.6 is 23.1 Å². The first-order valence-electron chi connectivity index (χ1n) is 11.6. The highest BCUT2D eigenvalue weighted by molar-refractivity contribution is 7.98. The molecule has 38 heavy (non-hydrogen) atoms. The molecule has 0 aliphatic carbocycles. The maximum absolute atomic E-state index is 13.2. The maximum Gasteiger partial charge on any atom is 0.272 e. The predicted octanol–water partition coefficient (Wildman–Crippen LogP) is 5.43. The lowest BCUT2D eigenvalue weighted by molar-refractivity contribution is -0.113. The van der Waals surface area contributed by atoms with E-state index in [1.165, 1.54) is 11.3 Å². The van der Waals surface area contributed by atoms with E-state index >= 15 is 0 Å². The molecular weight excluding hydrogens is 516 g/mol. The fourth-order valence-corrected chi connectivity index (χ4v) is 5.02. The lowest BCUT2D eigenvalue weighted by Gasteiger charge is -2.12. The quantitative estimate of drug-likeness (QED) is 0.192. The molecule has 2 N–H and O–H groups in total. The van der Waals surface area contributed by atoms with Crippen molar-refractivity contribution in [2.45, 2.75) is 10.6 Å². The zero-order valence-electron chi connectivity index (χ0n) is 20.0. The molecule has 0 bridgehead atoms. The number of benzene rings is 3. The number of amides is 2. The highest BCUT2D eigenvalue weighted by atomic mass is 32.2. The van der Waals surface area contributed by atoms with Gasteiger partial charge in [0.1, 0.15) is 5.70 Å². The second-order valence-electron chi connectivity index (χ2n) is 8.05. The molecule has 5 aromatic rings. The number of anilines is 1. The number of rotatable bonds is 9. The summed E-state index contributed by atoms with van der Waals surface area (Å²) in [6.45, 7) is 0. The molecule has 5 rings (SSSR count). The minimum atomic E-state index is -0.421. The zero-order chi connectivity index (χ0) is 26.2. The highest BCUT2D eigenvalue weighted by Gasteiger charge is 2.16. The number of carbonyl (C=O) groups excluding carboxylic acids is 2. The first-order chi connectivity index (χ1) is 18.7. The number of aromatic nitrogens is 4. The van der Waals surface area contributed by atoms with Crippen molar-refractivity contribution in [3.05, 3.63) is 124 Å². The van der Waals surface area contributed by atoms with Gasteiger partial charge in [-0.2, -0.15) is 16.0 Å². The normalized spacial score (nSPS) is 11.2. The Balaban J connectivity index is 1.29. The van der Waals surface area contributed by atoms with Crippen molar-refractivity contribution in [3.63, 3.8) is 0 Å². The number of para-hydroxylation sites is 1. The molecule has 2 amide bonds. The van der Waals surface area contributed by atoms with E-state index in [-0.39, 0.29) is 11.6 Å². The second-order valence-corrected chi connectivity index (χ2v) is 9.88. The summed E-state index contributed by atoms with van der Waals surface area (Å²) in [5, 5.41) is 21.5. The van der Waals surface area contributed by atoms with Crippen molar-refractivity contribution in [1.29, 1.82) is 0 Å². The van der Waals surface area contributed by atoms with Gasteiger partial charge in [0, 0.05) is 16.1 Å². The van der Waals surface area contributed by atoms with Crippen LogP contribution in [0.2, 0.25) is 0 Å². The molecule has 2 aromatic heterocycles. The Hall–Kier alpha value is -4.54. The molecule has 0 aliphatic heterocycles. The van der Waals surface area contributed by atoms with Crippen molar-refractivity contribution in [2.24, 2.45) is 0 Å². The zero-order valence-corrected chi connectivity index (χ0v) is 21.7. The molecule has 3 aromatic carbocycles. The fourth-order valence-electron chi connectivity index (χ4n) is 3.54. The summed E-state index contributed by atoms with van der Waals surface area (Å²) < 4.78 is 1.70. The average Bonchev–Trinajstić information content (AvgIpc) is 3.65. The Morgan fingerprint density at radius 2 is 1.74 bits per heavy atom. The summed E-state index contributed by atoms with van der Waals surface area (Å²) >= 11 is 3.06. The van der Waals surface area contributed by atoms with E-state index < -0.39 is 5.91 Å². The molecule has 0 unspecified atom stereocenters. The topological polar surface area (TPSA) is 102 Å². The van der Waals surface area contributed by atoms with E-state index in [1.54, 1.807) is 52.9 Å². The third-order valence-electron chi connectivity index (χ3n) is 5.38. The number of tetrazole rings is 1. The molecule has 0 aliphatic rings. The Morgan fingerprint density at radius 3 is 2.50 bits per heavy atom. The van der Waals surface area contributed by atoms with Gasteiger partial charge < -0.3 is 10.6 Å². The second kappa shape index (κ2) is 12.1. The van der Waals surface area contributed by atoms with Gasteiger partial charge in [0.2, 0.25) is 0 Å². The first kappa shape index (κ1) is 25.1. The monoisotopic (exact) mass is 538 g/mol. The van der Waals surface area contributed by atoms with E-state index in [0.717, 1.165) is 16.1 Å². The van der Waals surface area contributed by atoms with E-state index in [4.69, 9.17) is 0 Å². The molecule has 10 heteroatoms. The molecule has 0 radical (unpaired) electrons. The number of thioether (sulfide) groups is 1. The third-order valence-corrected chi connectivity index (χ3v) is 7.07. The molecule has 8 nitrogen and oxygen atoms in total. The van der Waals surface area contributed by atoms with Crippen LogP contribution in [0.15, 0.2) is 112 Å². The van der Waals surface area contributed by atoms with Gasteiger partial charge in [-0.15, -0.1) is 16.9 Å². The fraction of sp³-hybridized carbons (Fsp3) is 0.0357. The smallest absolute Gasteiger partial charge is 0.272 e. The summed E-state index contributed by atoms with van der Waals surface area (Å²) in [6.07, 6.45) is 1.66. The average molecular weight is 539 g/mol. The van der Waals surface area contributed by atoms with Gasteiger partial charge >= 0.3 is 0 Å². The summed E-state index contributed by atoms with van der Waals surface area (Å²) in [6, 6.07) is 27.9. The van der Waals surface area contributed by atoms with Crippen LogP contribution in [0.1, 0.15) is 21.7 Å². The molecule has 2 heterocycles. The summed E-state index contributed by atoms with van der Waals surface area (Å²) in [5.74, 6) is 0.467. The van der Waals surface area contributed by atoms with E-state index in [2.05, 4.69) is 26.2 Å². The highest BCUT2D eigenvalue weighted by Crippen LogP contribution is 2.25. The summed E-state index contributed by atoms with van der Waals surface area (Å²) in [4.78, 5) is 26.9. The Morgan fingerprint density at radius 1 is 0.947 bits per heavy atom. The van der Waals surface area contributed by atoms with Crippen LogP contribution in [0, 0.1) is 0 Å². The van der Waals surface area contributed by atoms with Crippen molar-refractivity contribution in [3.8, 4) is 5.69 Å². The molecule has 0 saturated heterocycles. The minimum Gasteiger partial charge on any atom is -0.321 e. The Bertz CT molecular complexity index is 1550. The molecule has 0 spiro atoms. The van der Waals surface area contributed by atoms with Crippen LogP contribution in [0.5, 0.6) is 0 Å². The number of carbonyl (C=O) groups is 2. The van der Waals surface area contributed by atoms with Gasteiger partial charge in [-0.3, -0.25) is 9.59 Å². The summed E-state index contributed by atoms with van der Waals surface area (Å²) in [7, 11) is 0. The van der Waals surface area contributed by atoms with Gasteiger partial charge in [0.05, 0.1) is 11.4 Å². The van der Waals surface area contributed by atoms with Crippen molar-refractivity contribution in [2.75, 3.05) is 5.32 Å². The third kappa shape index (κ3) is 6.41. The lowest BCUT2D eigenvalue weighted by Crippen LogP contribution is -2.30. The van der Waals surface area contributed by atoms with Crippen LogP contribution in [0.3, 0.4) is 0 Å². The van der Waals surface area contributed by atoms with E-state index in [0.29, 0.717) is 22.8 Å². The van der Waals surface area contributed by atoms with Crippen LogP contribution in [-0.4, -0.2) is 32.0 Å².